The van der Waals surface area contributed by atoms with E-state index in [4.69, 9.17) is 20.2 Å². The number of ether oxygens (including phenoxy) is 2. The summed E-state index contributed by atoms with van der Waals surface area (Å²) in [6.45, 7) is 0. The van der Waals surface area contributed by atoms with Crippen molar-refractivity contribution in [3.05, 3.63) is 65.9 Å². The lowest BCUT2D eigenvalue weighted by Gasteiger charge is -2.36. The van der Waals surface area contributed by atoms with Crippen LogP contribution in [0.3, 0.4) is 0 Å². The minimum atomic E-state index is -0.353. The standard InChI is InChI=1S/C20H21N5O2/c1-26-16-8-7-14(12-17(16)27-2)23-19-11-13-5-3-4-6-15(13)20(21)25(19)18-9-10-22-24-18/h3-10,12,20H,11,21H2,1-2H3,(H,22,24). The van der Waals surface area contributed by atoms with Gasteiger partial charge in [-0.3, -0.25) is 10.00 Å². The molecule has 7 nitrogen and oxygen atoms in total. The fourth-order valence-corrected chi connectivity index (χ4v) is 3.35. The van der Waals surface area contributed by atoms with Gasteiger partial charge in [0, 0.05) is 18.6 Å². The zero-order valence-electron chi connectivity index (χ0n) is 15.2. The van der Waals surface area contributed by atoms with Gasteiger partial charge < -0.3 is 15.2 Å². The Morgan fingerprint density at radius 1 is 1.11 bits per heavy atom. The average molecular weight is 363 g/mol. The van der Waals surface area contributed by atoms with Crippen LogP contribution in [0.25, 0.3) is 0 Å². The highest BCUT2D eigenvalue weighted by Gasteiger charge is 2.30. The van der Waals surface area contributed by atoms with Gasteiger partial charge in [-0.2, -0.15) is 5.10 Å². The smallest absolute Gasteiger partial charge is 0.162 e. The van der Waals surface area contributed by atoms with Crippen molar-refractivity contribution >= 4 is 17.3 Å². The molecule has 3 N–H and O–H groups in total. The Labute approximate surface area is 157 Å². The van der Waals surface area contributed by atoms with Crippen LogP contribution >= 0.6 is 0 Å². The normalized spacial score (nSPS) is 17.7. The average Bonchev–Trinajstić information content (AvgIpc) is 3.22. The maximum Gasteiger partial charge on any atom is 0.162 e. The van der Waals surface area contributed by atoms with E-state index in [1.807, 2.05) is 41.3 Å². The third-order valence-corrected chi connectivity index (χ3v) is 4.65. The van der Waals surface area contributed by atoms with Crippen LogP contribution in [0.2, 0.25) is 0 Å². The molecular weight excluding hydrogens is 342 g/mol. The number of rotatable bonds is 4. The van der Waals surface area contributed by atoms with Crippen molar-refractivity contribution < 1.29 is 9.47 Å². The molecular formula is C20H21N5O2. The molecule has 0 saturated heterocycles. The lowest BCUT2D eigenvalue weighted by Crippen LogP contribution is -2.44. The first-order valence-corrected chi connectivity index (χ1v) is 8.63. The van der Waals surface area contributed by atoms with Crippen molar-refractivity contribution in [2.45, 2.75) is 12.6 Å². The Hall–Kier alpha value is -3.32. The van der Waals surface area contributed by atoms with E-state index >= 15 is 0 Å². The molecule has 27 heavy (non-hydrogen) atoms. The molecule has 7 heteroatoms. The number of aromatic nitrogens is 2. The molecule has 0 bridgehead atoms. The number of methoxy groups -OCH3 is 2. The highest BCUT2D eigenvalue weighted by atomic mass is 16.5. The summed E-state index contributed by atoms with van der Waals surface area (Å²) in [4.78, 5) is 6.85. The predicted octanol–water partition coefficient (Wildman–Crippen LogP) is 3.18. The second-order valence-electron chi connectivity index (χ2n) is 6.20. The Balaban J connectivity index is 1.80. The van der Waals surface area contributed by atoms with Gasteiger partial charge in [0.05, 0.1) is 26.1 Å². The molecule has 2 heterocycles. The Bertz CT molecular complexity index is 968. The molecule has 0 amide bonds. The number of hydrogen-bond donors (Lipinski definition) is 2. The van der Waals surface area contributed by atoms with Crippen molar-refractivity contribution in [2.75, 3.05) is 19.1 Å². The summed E-state index contributed by atoms with van der Waals surface area (Å²) in [5, 5.41) is 7.06. The maximum absolute atomic E-state index is 6.58. The number of anilines is 1. The van der Waals surface area contributed by atoms with E-state index in [1.54, 1.807) is 20.4 Å². The number of nitrogens with two attached hydrogens (primary N) is 1. The predicted molar refractivity (Wildman–Crippen MR) is 105 cm³/mol. The summed E-state index contributed by atoms with van der Waals surface area (Å²) in [5.74, 6) is 2.93. The van der Waals surface area contributed by atoms with Gasteiger partial charge in [-0.25, -0.2) is 4.99 Å². The Morgan fingerprint density at radius 2 is 1.93 bits per heavy atom. The summed E-state index contributed by atoms with van der Waals surface area (Å²) >= 11 is 0. The summed E-state index contributed by atoms with van der Waals surface area (Å²) in [5.41, 5.74) is 9.59. The zero-order valence-corrected chi connectivity index (χ0v) is 15.2. The molecule has 2 aromatic carbocycles. The van der Waals surface area contributed by atoms with Crippen molar-refractivity contribution in [1.29, 1.82) is 0 Å². The molecule has 3 aromatic rings. The van der Waals surface area contributed by atoms with E-state index in [1.165, 1.54) is 5.56 Å². The summed E-state index contributed by atoms with van der Waals surface area (Å²) in [7, 11) is 3.22. The van der Waals surface area contributed by atoms with E-state index in [-0.39, 0.29) is 6.17 Å². The van der Waals surface area contributed by atoms with Crippen molar-refractivity contribution in [2.24, 2.45) is 10.7 Å². The molecule has 1 unspecified atom stereocenters. The van der Waals surface area contributed by atoms with Gasteiger partial charge in [-0.05, 0) is 23.3 Å². The number of nitrogens with one attached hydrogen (secondary N) is 1. The van der Waals surface area contributed by atoms with Crippen LogP contribution < -0.4 is 20.1 Å². The Kier molecular flexibility index (Phi) is 4.52. The molecule has 0 radical (unpaired) electrons. The molecule has 0 aliphatic carbocycles. The third-order valence-electron chi connectivity index (χ3n) is 4.65. The number of nitrogens with zero attached hydrogens (tertiary/aromatic N) is 3. The molecule has 1 atom stereocenters. The number of aliphatic imine (C=N–C) groups is 1. The first-order valence-electron chi connectivity index (χ1n) is 8.63. The van der Waals surface area contributed by atoms with Gasteiger partial charge in [-0.15, -0.1) is 0 Å². The van der Waals surface area contributed by atoms with Crippen LogP contribution in [0.5, 0.6) is 11.5 Å². The molecule has 1 aromatic heterocycles. The molecule has 0 saturated carbocycles. The highest BCUT2D eigenvalue weighted by Crippen LogP contribution is 2.34. The van der Waals surface area contributed by atoms with Gasteiger partial charge in [-0.1, -0.05) is 24.3 Å². The van der Waals surface area contributed by atoms with E-state index in [9.17, 15) is 0 Å². The quantitative estimate of drug-likeness (QED) is 0.743. The zero-order chi connectivity index (χ0) is 18.8. The fourth-order valence-electron chi connectivity index (χ4n) is 3.35. The van der Waals surface area contributed by atoms with Crippen molar-refractivity contribution in [3.63, 3.8) is 0 Å². The fraction of sp³-hybridized carbons (Fsp3) is 0.200. The highest BCUT2D eigenvalue weighted by molar-refractivity contribution is 6.02. The molecule has 1 aliphatic rings. The summed E-state index contributed by atoms with van der Waals surface area (Å²) in [6.07, 6.45) is 2.02. The van der Waals surface area contributed by atoms with Crippen molar-refractivity contribution in [3.8, 4) is 11.5 Å². The van der Waals surface area contributed by atoms with Gasteiger partial charge in [0.25, 0.3) is 0 Å². The van der Waals surface area contributed by atoms with Gasteiger partial charge >= 0.3 is 0 Å². The largest absolute Gasteiger partial charge is 0.493 e. The number of benzene rings is 2. The van der Waals surface area contributed by atoms with Crippen LogP contribution in [0, 0.1) is 0 Å². The molecule has 1 aliphatic heterocycles. The first-order chi connectivity index (χ1) is 13.2. The number of H-pyrrole nitrogens is 1. The second kappa shape index (κ2) is 7.13. The van der Waals surface area contributed by atoms with E-state index in [0.29, 0.717) is 17.9 Å². The lowest BCUT2D eigenvalue weighted by molar-refractivity contribution is 0.355. The van der Waals surface area contributed by atoms with E-state index in [2.05, 4.69) is 22.3 Å². The molecule has 0 fully saturated rings. The maximum atomic E-state index is 6.58. The minimum Gasteiger partial charge on any atom is -0.493 e. The number of amidine groups is 1. The minimum absolute atomic E-state index is 0.353. The Morgan fingerprint density at radius 3 is 2.67 bits per heavy atom. The molecule has 138 valence electrons. The number of fused-ring (bicyclic) bond motifs is 1. The van der Waals surface area contributed by atoms with E-state index < -0.39 is 0 Å². The number of aromatic amines is 1. The van der Waals surface area contributed by atoms with Crippen LogP contribution in [0.1, 0.15) is 17.3 Å². The van der Waals surface area contributed by atoms with Gasteiger partial charge in [0.2, 0.25) is 0 Å². The third kappa shape index (κ3) is 3.13. The van der Waals surface area contributed by atoms with Crippen LogP contribution in [0.15, 0.2) is 59.7 Å². The van der Waals surface area contributed by atoms with Gasteiger partial charge in [0.15, 0.2) is 11.5 Å². The van der Waals surface area contributed by atoms with Crippen LogP contribution in [-0.2, 0) is 6.42 Å². The molecule has 0 spiro atoms. The topological polar surface area (TPSA) is 88.8 Å². The van der Waals surface area contributed by atoms with Crippen LogP contribution in [0.4, 0.5) is 11.5 Å². The monoisotopic (exact) mass is 363 g/mol. The number of hydrogen-bond acceptors (Lipinski definition) is 5. The van der Waals surface area contributed by atoms with Crippen LogP contribution in [-0.4, -0.2) is 30.3 Å². The second-order valence-corrected chi connectivity index (χ2v) is 6.20. The summed E-state index contributed by atoms with van der Waals surface area (Å²) < 4.78 is 10.7. The van der Waals surface area contributed by atoms with Gasteiger partial charge in [0.1, 0.15) is 17.8 Å². The first kappa shape index (κ1) is 17.1. The lowest BCUT2D eigenvalue weighted by atomic mass is 9.96. The molecule has 4 rings (SSSR count). The summed E-state index contributed by atoms with van der Waals surface area (Å²) in [6, 6.07) is 15.6. The SMILES string of the molecule is COc1ccc(N=C2Cc3ccccc3C(N)N2c2ccn[nH]2)cc1OC. The van der Waals surface area contributed by atoms with Crippen molar-refractivity contribution in [1.82, 2.24) is 10.2 Å². The van der Waals surface area contributed by atoms with E-state index in [0.717, 1.165) is 22.9 Å².